The van der Waals surface area contributed by atoms with E-state index in [1.165, 1.54) is 0 Å². The van der Waals surface area contributed by atoms with Gasteiger partial charge in [0.1, 0.15) is 0 Å². The van der Waals surface area contributed by atoms with E-state index in [-0.39, 0.29) is 18.4 Å². The van der Waals surface area contributed by atoms with Crippen molar-refractivity contribution in [1.29, 1.82) is 0 Å². The van der Waals surface area contributed by atoms with Gasteiger partial charge in [-0.2, -0.15) is 0 Å². The highest BCUT2D eigenvalue weighted by molar-refractivity contribution is 5.85. The Kier molecular flexibility index (Phi) is 5.44. The average molecular weight is 281 g/mol. The summed E-state index contributed by atoms with van der Waals surface area (Å²) >= 11 is 0. The molecule has 1 aliphatic rings. The number of halogens is 4. The van der Waals surface area contributed by atoms with Crippen LogP contribution in [0.3, 0.4) is 0 Å². The molecule has 18 heavy (non-hydrogen) atoms. The predicted octanol–water partition coefficient (Wildman–Crippen LogP) is 2.49. The van der Waals surface area contributed by atoms with Crippen molar-refractivity contribution in [2.24, 2.45) is 0 Å². The minimum atomic E-state index is -1.40. The Labute approximate surface area is 111 Å². The summed E-state index contributed by atoms with van der Waals surface area (Å²) in [5.74, 6) is -3.65. The van der Waals surface area contributed by atoms with E-state index in [2.05, 4.69) is 10.2 Å². The van der Waals surface area contributed by atoms with Gasteiger partial charge in [-0.15, -0.1) is 12.4 Å². The smallest absolute Gasteiger partial charge is 0.194 e. The fraction of sp³-hybridized carbons (Fsp3) is 0.500. The van der Waals surface area contributed by atoms with Crippen molar-refractivity contribution in [3.63, 3.8) is 0 Å². The van der Waals surface area contributed by atoms with Crippen LogP contribution in [0, 0.1) is 17.5 Å². The zero-order valence-corrected chi connectivity index (χ0v) is 10.9. The summed E-state index contributed by atoms with van der Waals surface area (Å²) in [6.45, 7) is 5.23. The molecule has 1 heterocycles. The maximum absolute atomic E-state index is 13.1. The standard InChI is InChI=1S/C12H15F3N2.ClH/c1-8(17-4-2-16-3-5-17)9-6-10(13)12(15)11(14)7-9;/h6-8,16H,2-5H2,1H3;1H/t8-;/m0./s1. The van der Waals surface area contributed by atoms with Gasteiger partial charge in [-0.3, -0.25) is 4.90 Å². The number of rotatable bonds is 2. The first-order valence-corrected chi connectivity index (χ1v) is 5.69. The quantitative estimate of drug-likeness (QED) is 0.838. The maximum atomic E-state index is 13.1. The van der Waals surface area contributed by atoms with Crippen LogP contribution in [0.5, 0.6) is 0 Å². The van der Waals surface area contributed by atoms with Crippen LogP contribution in [0.25, 0.3) is 0 Å². The summed E-state index contributed by atoms with van der Waals surface area (Å²) < 4.78 is 39.1. The predicted molar refractivity (Wildman–Crippen MR) is 66.4 cm³/mol. The molecule has 1 fully saturated rings. The van der Waals surface area contributed by atoms with Gasteiger partial charge in [-0.1, -0.05) is 0 Å². The minimum absolute atomic E-state index is 0. The number of piperazine rings is 1. The summed E-state index contributed by atoms with van der Waals surface area (Å²) in [5, 5.41) is 3.20. The Bertz CT molecular complexity index is 385. The van der Waals surface area contributed by atoms with Gasteiger partial charge in [0.25, 0.3) is 0 Å². The summed E-state index contributed by atoms with van der Waals surface area (Å²) in [7, 11) is 0. The van der Waals surface area contributed by atoms with Gasteiger partial charge in [0.05, 0.1) is 0 Å². The van der Waals surface area contributed by atoms with Crippen molar-refractivity contribution >= 4 is 12.4 Å². The van der Waals surface area contributed by atoms with E-state index in [1.54, 1.807) is 0 Å². The molecule has 0 aromatic heterocycles. The first-order chi connectivity index (χ1) is 8.09. The molecule has 2 nitrogen and oxygen atoms in total. The number of hydrogen-bond donors (Lipinski definition) is 1. The molecular formula is C12H16ClF3N2. The van der Waals surface area contributed by atoms with Crippen molar-refractivity contribution in [1.82, 2.24) is 10.2 Å². The second-order valence-electron chi connectivity index (χ2n) is 4.26. The number of nitrogens with zero attached hydrogens (tertiary/aromatic N) is 1. The Morgan fingerprint density at radius 1 is 1.11 bits per heavy atom. The van der Waals surface area contributed by atoms with Crippen LogP contribution in [-0.2, 0) is 0 Å². The van der Waals surface area contributed by atoms with Gasteiger partial charge >= 0.3 is 0 Å². The second kappa shape index (κ2) is 6.41. The topological polar surface area (TPSA) is 15.3 Å². The highest BCUT2D eigenvalue weighted by atomic mass is 35.5. The molecule has 1 aromatic carbocycles. The van der Waals surface area contributed by atoms with Gasteiger partial charge in [0, 0.05) is 32.2 Å². The van der Waals surface area contributed by atoms with Crippen LogP contribution in [0.1, 0.15) is 18.5 Å². The molecule has 1 N–H and O–H groups in total. The molecule has 0 aliphatic carbocycles. The normalized spacial score (nSPS) is 18.2. The lowest BCUT2D eigenvalue weighted by molar-refractivity contribution is 0.184. The van der Waals surface area contributed by atoms with Gasteiger partial charge < -0.3 is 5.32 Å². The summed E-state index contributed by atoms with van der Waals surface area (Å²) in [6, 6.07) is 2.04. The first kappa shape index (κ1) is 15.3. The zero-order valence-electron chi connectivity index (χ0n) is 10.0. The van der Waals surface area contributed by atoms with E-state index >= 15 is 0 Å². The third-order valence-corrected chi connectivity index (χ3v) is 3.19. The van der Waals surface area contributed by atoms with E-state index in [0.29, 0.717) is 5.56 Å². The SMILES string of the molecule is C[C@@H](c1cc(F)c(F)c(F)c1)N1CCNCC1.Cl. The van der Waals surface area contributed by atoms with Gasteiger partial charge in [-0.25, -0.2) is 13.2 Å². The molecule has 102 valence electrons. The van der Waals surface area contributed by atoms with E-state index in [9.17, 15) is 13.2 Å². The summed E-state index contributed by atoms with van der Waals surface area (Å²) in [5.41, 5.74) is 0.475. The molecule has 1 aromatic rings. The zero-order chi connectivity index (χ0) is 12.4. The third-order valence-electron chi connectivity index (χ3n) is 3.19. The van der Waals surface area contributed by atoms with E-state index in [4.69, 9.17) is 0 Å². The van der Waals surface area contributed by atoms with Crippen LogP contribution in [0.4, 0.5) is 13.2 Å². The lowest BCUT2D eigenvalue weighted by atomic mass is 10.1. The molecule has 0 radical (unpaired) electrons. The largest absolute Gasteiger partial charge is 0.314 e. The lowest BCUT2D eigenvalue weighted by Crippen LogP contribution is -2.44. The van der Waals surface area contributed by atoms with Crippen molar-refractivity contribution in [3.05, 3.63) is 35.1 Å². The van der Waals surface area contributed by atoms with Crippen molar-refractivity contribution in [2.75, 3.05) is 26.2 Å². The number of hydrogen-bond acceptors (Lipinski definition) is 2. The van der Waals surface area contributed by atoms with E-state index in [0.717, 1.165) is 38.3 Å². The van der Waals surface area contributed by atoms with Crippen LogP contribution >= 0.6 is 12.4 Å². The third kappa shape index (κ3) is 3.16. The Morgan fingerprint density at radius 2 is 1.61 bits per heavy atom. The fourth-order valence-corrected chi connectivity index (χ4v) is 2.10. The van der Waals surface area contributed by atoms with E-state index in [1.807, 2.05) is 6.92 Å². The molecule has 0 spiro atoms. The Balaban J connectivity index is 0.00000162. The Hall–Kier alpha value is -0.780. The number of nitrogens with one attached hydrogen (secondary N) is 1. The van der Waals surface area contributed by atoms with Crippen LogP contribution in [0.15, 0.2) is 12.1 Å². The number of benzene rings is 1. The van der Waals surface area contributed by atoms with Crippen LogP contribution in [-0.4, -0.2) is 31.1 Å². The Morgan fingerprint density at radius 3 is 2.11 bits per heavy atom. The molecule has 2 rings (SSSR count). The molecule has 0 saturated carbocycles. The van der Waals surface area contributed by atoms with Crippen molar-refractivity contribution in [2.45, 2.75) is 13.0 Å². The van der Waals surface area contributed by atoms with E-state index < -0.39 is 17.5 Å². The highest BCUT2D eigenvalue weighted by Gasteiger charge is 2.20. The molecule has 1 saturated heterocycles. The minimum Gasteiger partial charge on any atom is -0.314 e. The van der Waals surface area contributed by atoms with Gasteiger partial charge in [-0.05, 0) is 24.6 Å². The average Bonchev–Trinajstić information content (AvgIpc) is 2.35. The van der Waals surface area contributed by atoms with Gasteiger partial charge in [0.15, 0.2) is 17.5 Å². The molecule has 0 bridgehead atoms. The first-order valence-electron chi connectivity index (χ1n) is 5.69. The monoisotopic (exact) mass is 280 g/mol. The summed E-state index contributed by atoms with van der Waals surface area (Å²) in [6.07, 6.45) is 0. The van der Waals surface area contributed by atoms with Crippen LogP contribution < -0.4 is 5.32 Å². The molecule has 0 amide bonds. The molecule has 0 unspecified atom stereocenters. The fourth-order valence-electron chi connectivity index (χ4n) is 2.10. The van der Waals surface area contributed by atoms with Crippen molar-refractivity contribution < 1.29 is 13.2 Å². The molecular weight excluding hydrogens is 265 g/mol. The highest BCUT2D eigenvalue weighted by Crippen LogP contribution is 2.23. The lowest BCUT2D eigenvalue weighted by Gasteiger charge is -2.33. The summed E-state index contributed by atoms with van der Waals surface area (Å²) in [4.78, 5) is 2.11. The van der Waals surface area contributed by atoms with Gasteiger partial charge in [0.2, 0.25) is 0 Å². The second-order valence-corrected chi connectivity index (χ2v) is 4.26. The molecule has 1 atom stereocenters. The molecule has 1 aliphatic heterocycles. The maximum Gasteiger partial charge on any atom is 0.194 e. The van der Waals surface area contributed by atoms with Crippen LogP contribution in [0.2, 0.25) is 0 Å². The molecule has 6 heteroatoms. The van der Waals surface area contributed by atoms with Crippen molar-refractivity contribution in [3.8, 4) is 0 Å².